The Balaban J connectivity index is 1.74. The molecule has 2 heterocycles. The number of H-pyrrole nitrogens is 1. The summed E-state index contributed by atoms with van der Waals surface area (Å²) in [5, 5.41) is 12.7. The van der Waals surface area contributed by atoms with E-state index in [1.807, 2.05) is 48.8 Å². The van der Waals surface area contributed by atoms with E-state index in [9.17, 15) is 5.11 Å². The van der Waals surface area contributed by atoms with Crippen molar-refractivity contribution in [2.24, 2.45) is 4.99 Å². The smallest absolute Gasteiger partial charge is 0.142 e. The van der Waals surface area contributed by atoms with E-state index < -0.39 is 11.6 Å². The zero-order valence-corrected chi connectivity index (χ0v) is 17.4. The lowest BCUT2D eigenvalue weighted by Crippen LogP contribution is -2.29. The van der Waals surface area contributed by atoms with Gasteiger partial charge in [-0.1, -0.05) is 49.2 Å². The fourth-order valence-electron chi connectivity index (χ4n) is 4.37. The summed E-state index contributed by atoms with van der Waals surface area (Å²) in [6.07, 6.45) is 7.62. The van der Waals surface area contributed by atoms with Crippen LogP contribution in [0, 0.1) is 0 Å². The molecule has 0 radical (unpaired) electrons. The van der Waals surface area contributed by atoms with Gasteiger partial charge < -0.3 is 14.8 Å². The fourth-order valence-corrected chi connectivity index (χ4v) is 4.57. The number of fused-ring (bicyclic) bond motifs is 1. The molecule has 0 saturated heterocycles. The Bertz CT molecular complexity index is 1090. The molecule has 4 rings (SSSR count). The number of halogens is 1. The summed E-state index contributed by atoms with van der Waals surface area (Å²) in [6, 6.07) is 13.5. The number of rotatable bonds is 7. The second-order valence-electron chi connectivity index (χ2n) is 7.50. The minimum Gasteiger partial charge on any atom is -0.495 e. The van der Waals surface area contributed by atoms with Crippen LogP contribution < -0.4 is 4.74 Å². The van der Waals surface area contributed by atoms with E-state index in [1.165, 1.54) is 0 Å². The van der Waals surface area contributed by atoms with Gasteiger partial charge in [0.05, 0.1) is 24.3 Å². The Hall–Kier alpha value is -2.56. The molecule has 150 valence electrons. The molecule has 0 bridgehead atoms. The third kappa shape index (κ3) is 3.59. The summed E-state index contributed by atoms with van der Waals surface area (Å²) >= 11 is 6.14. The summed E-state index contributed by atoms with van der Waals surface area (Å²) in [6.45, 7) is 2.15. The molecule has 0 spiro atoms. The number of hydrogen-bond donors (Lipinski definition) is 2. The zero-order valence-electron chi connectivity index (χ0n) is 16.7. The van der Waals surface area contributed by atoms with Gasteiger partial charge in [0, 0.05) is 34.8 Å². The first-order valence-corrected chi connectivity index (χ1v) is 10.3. The largest absolute Gasteiger partial charge is 0.495 e. The van der Waals surface area contributed by atoms with Crippen LogP contribution in [-0.4, -0.2) is 29.0 Å². The first kappa shape index (κ1) is 19.7. The number of benzene rings is 2. The summed E-state index contributed by atoms with van der Waals surface area (Å²) in [5.74, 6) is 0.813. The number of aliphatic imine (C=N–C) groups is 1. The third-order valence-electron chi connectivity index (χ3n) is 5.68. The Kier molecular flexibility index (Phi) is 5.48. The number of para-hydroxylation sites is 1. The van der Waals surface area contributed by atoms with Crippen molar-refractivity contribution in [3.8, 4) is 5.75 Å². The van der Waals surface area contributed by atoms with Crippen molar-refractivity contribution >= 4 is 34.3 Å². The molecule has 2 atom stereocenters. The van der Waals surface area contributed by atoms with Crippen LogP contribution in [0.15, 0.2) is 59.7 Å². The molecule has 2 aromatic carbocycles. The van der Waals surface area contributed by atoms with E-state index in [-0.39, 0.29) is 0 Å². The average Bonchev–Trinajstić information content (AvgIpc) is 3.32. The van der Waals surface area contributed by atoms with Gasteiger partial charge in [0.2, 0.25) is 0 Å². The van der Waals surface area contributed by atoms with Crippen molar-refractivity contribution in [2.75, 3.05) is 7.11 Å². The van der Waals surface area contributed by atoms with Gasteiger partial charge in [-0.05, 0) is 41.8 Å². The molecule has 4 nitrogen and oxygen atoms in total. The third-order valence-corrected chi connectivity index (χ3v) is 5.91. The summed E-state index contributed by atoms with van der Waals surface area (Å²) in [7, 11) is 1.68. The maximum absolute atomic E-state index is 11.0. The molecule has 1 aliphatic rings. The first-order valence-electron chi connectivity index (χ1n) is 9.92. The van der Waals surface area contributed by atoms with Crippen LogP contribution in [-0.2, 0) is 0 Å². The number of nitrogens with zero attached hydrogens (tertiary/aromatic N) is 1. The Labute approximate surface area is 175 Å². The van der Waals surface area contributed by atoms with Crippen molar-refractivity contribution in [2.45, 2.75) is 37.8 Å². The van der Waals surface area contributed by atoms with E-state index in [4.69, 9.17) is 21.3 Å². The minimum atomic E-state index is -0.654. The average molecular weight is 409 g/mol. The minimum absolute atomic E-state index is 0.477. The van der Waals surface area contributed by atoms with Gasteiger partial charge in [-0.3, -0.25) is 4.99 Å². The molecule has 1 aromatic heterocycles. The highest BCUT2D eigenvalue weighted by molar-refractivity contribution is 6.30. The van der Waals surface area contributed by atoms with E-state index >= 15 is 0 Å². The summed E-state index contributed by atoms with van der Waals surface area (Å²) < 4.78 is 5.50. The van der Waals surface area contributed by atoms with Crippen molar-refractivity contribution < 1.29 is 9.84 Å². The molecule has 1 aliphatic heterocycles. The Morgan fingerprint density at radius 3 is 2.83 bits per heavy atom. The number of aromatic nitrogens is 1. The second-order valence-corrected chi connectivity index (χ2v) is 7.94. The quantitative estimate of drug-likeness (QED) is 0.506. The van der Waals surface area contributed by atoms with Crippen LogP contribution in [0.25, 0.3) is 16.5 Å². The summed E-state index contributed by atoms with van der Waals surface area (Å²) in [4.78, 5) is 8.23. The molecule has 5 heteroatoms. The molecular formula is C24H25ClN2O2. The van der Waals surface area contributed by atoms with Gasteiger partial charge >= 0.3 is 0 Å². The van der Waals surface area contributed by atoms with E-state index in [0.29, 0.717) is 11.4 Å². The van der Waals surface area contributed by atoms with Crippen molar-refractivity contribution in [1.82, 2.24) is 4.98 Å². The number of aliphatic hydroxyl groups excluding tert-OH is 1. The number of nitrogens with one attached hydrogen (secondary N) is 1. The van der Waals surface area contributed by atoms with Crippen LogP contribution in [0.3, 0.4) is 0 Å². The molecule has 0 saturated carbocycles. The van der Waals surface area contributed by atoms with E-state index in [0.717, 1.165) is 46.2 Å². The lowest BCUT2D eigenvalue weighted by Gasteiger charge is -2.32. The Morgan fingerprint density at radius 2 is 2.07 bits per heavy atom. The molecule has 3 aromatic rings. The van der Waals surface area contributed by atoms with Gasteiger partial charge in [-0.2, -0.15) is 0 Å². The SMILES string of the molecule is CCCC1(CC(O)c2cccc(Cl)c2)N=CC=C1c1c[nH]c2c(OC)cccc12. The topological polar surface area (TPSA) is 57.6 Å². The zero-order chi connectivity index (χ0) is 20.4. The number of hydrogen-bond acceptors (Lipinski definition) is 3. The van der Waals surface area contributed by atoms with Crippen molar-refractivity contribution in [1.29, 1.82) is 0 Å². The van der Waals surface area contributed by atoms with Gasteiger partial charge in [0.1, 0.15) is 5.75 Å². The van der Waals surface area contributed by atoms with Crippen LogP contribution >= 0.6 is 11.6 Å². The van der Waals surface area contributed by atoms with Gasteiger partial charge in [0.15, 0.2) is 0 Å². The molecule has 2 N–H and O–H groups in total. The number of aliphatic hydroxyl groups is 1. The van der Waals surface area contributed by atoms with Crippen LogP contribution in [0.5, 0.6) is 5.75 Å². The first-order chi connectivity index (χ1) is 14.1. The van der Waals surface area contributed by atoms with Crippen molar-refractivity contribution in [3.05, 3.63) is 70.9 Å². The molecule has 0 aliphatic carbocycles. The maximum atomic E-state index is 11.0. The number of ether oxygens (including phenoxy) is 1. The highest BCUT2D eigenvalue weighted by atomic mass is 35.5. The maximum Gasteiger partial charge on any atom is 0.142 e. The number of allylic oxidation sites excluding steroid dienone is 1. The van der Waals surface area contributed by atoms with Gasteiger partial charge in [-0.15, -0.1) is 0 Å². The molecule has 29 heavy (non-hydrogen) atoms. The fraction of sp³-hybridized carbons (Fsp3) is 0.292. The lowest BCUT2D eigenvalue weighted by molar-refractivity contribution is 0.145. The number of methoxy groups -OCH3 is 1. The molecule has 2 unspecified atom stereocenters. The van der Waals surface area contributed by atoms with Crippen LogP contribution in [0.2, 0.25) is 5.02 Å². The van der Waals surface area contributed by atoms with Gasteiger partial charge in [0.25, 0.3) is 0 Å². The molecular weight excluding hydrogens is 384 g/mol. The second kappa shape index (κ2) is 8.05. The van der Waals surface area contributed by atoms with Crippen molar-refractivity contribution in [3.63, 3.8) is 0 Å². The highest BCUT2D eigenvalue weighted by Crippen LogP contribution is 2.46. The van der Waals surface area contributed by atoms with E-state index in [1.54, 1.807) is 7.11 Å². The van der Waals surface area contributed by atoms with Crippen LogP contribution in [0.1, 0.15) is 43.4 Å². The number of aromatic amines is 1. The Morgan fingerprint density at radius 1 is 1.24 bits per heavy atom. The monoisotopic (exact) mass is 408 g/mol. The van der Waals surface area contributed by atoms with Gasteiger partial charge in [-0.25, -0.2) is 0 Å². The normalized spacial score (nSPS) is 19.5. The van der Waals surface area contributed by atoms with Crippen LogP contribution in [0.4, 0.5) is 0 Å². The highest BCUT2D eigenvalue weighted by Gasteiger charge is 2.39. The predicted octanol–water partition coefficient (Wildman–Crippen LogP) is 5.96. The molecule has 0 amide bonds. The lowest BCUT2D eigenvalue weighted by atomic mass is 9.78. The predicted molar refractivity (Wildman–Crippen MR) is 120 cm³/mol. The summed E-state index contributed by atoms with van der Waals surface area (Å²) in [5.41, 5.74) is 3.53. The molecule has 0 fully saturated rings. The van der Waals surface area contributed by atoms with E-state index in [2.05, 4.69) is 24.1 Å². The standard InChI is InChI=1S/C24H25ClN2O2/c1-3-11-24(14-21(28)16-6-4-7-17(25)13-16)20(10-12-27-24)19-15-26-23-18(19)8-5-9-22(23)29-2/h4-10,12-13,15,21,26,28H,3,11,14H2,1-2H3.